The second-order valence-corrected chi connectivity index (χ2v) is 17.5. The van der Waals surface area contributed by atoms with Crippen molar-refractivity contribution in [3.63, 3.8) is 0 Å². The number of rotatable bonds is 4. The lowest BCUT2D eigenvalue weighted by Crippen LogP contribution is -2.70. The number of aliphatic hydroxyl groups excluding tert-OH is 1. The summed E-state index contributed by atoms with van der Waals surface area (Å²) in [4.78, 5) is 24.6. The Morgan fingerprint density at radius 1 is 0.878 bits per heavy atom. The maximum Gasteiger partial charge on any atom is 0.306 e. The summed E-state index contributed by atoms with van der Waals surface area (Å²) in [6.07, 6.45) is 10.9. The van der Waals surface area contributed by atoms with Crippen molar-refractivity contribution >= 4 is 11.9 Å². The van der Waals surface area contributed by atoms with Crippen LogP contribution < -0.4 is 5.32 Å². The number of amides is 1. The molecule has 0 radical (unpaired) electrons. The van der Waals surface area contributed by atoms with E-state index in [4.69, 9.17) is 9.47 Å². The molecule has 0 aromatic heterocycles. The molecule has 0 unspecified atom stereocenters. The van der Waals surface area contributed by atoms with Gasteiger partial charge in [-0.15, -0.1) is 0 Å². The number of carbonyl (C=O) groups is 2. The van der Waals surface area contributed by atoms with Crippen molar-refractivity contribution in [1.82, 2.24) is 5.32 Å². The van der Waals surface area contributed by atoms with Crippen molar-refractivity contribution < 1.29 is 24.2 Å². The van der Waals surface area contributed by atoms with Gasteiger partial charge in [0.2, 0.25) is 5.91 Å². The quantitative estimate of drug-likeness (QED) is 0.388. The zero-order valence-electron chi connectivity index (χ0n) is 27.1. The summed E-state index contributed by atoms with van der Waals surface area (Å²) in [7, 11) is 1.35. The Morgan fingerprint density at radius 3 is 2.29 bits per heavy atom. The minimum atomic E-state index is -0.606. The van der Waals surface area contributed by atoms with Gasteiger partial charge in [0.05, 0.1) is 38.4 Å². The van der Waals surface area contributed by atoms with E-state index in [2.05, 4.69) is 53.8 Å². The average molecular weight is 572 g/mol. The lowest BCUT2D eigenvalue weighted by Gasteiger charge is -2.73. The predicted molar refractivity (Wildman–Crippen MR) is 159 cm³/mol. The van der Waals surface area contributed by atoms with E-state index in [0.717, 1.165) is 19.4 Å². The van der Waals surface area contributed by atoms with Crippen LogP contribution in [-0.4, -0.2) is 48.9 Å². The van der Waals surface area contributed by atoms with Crippen LogP contribution in [0.5, 0.6) is 0 Å². The zero-order chi connectivity index (χ0) is 29.8. The molecule has 6 fully saturated rings. The summed E-state index contributed by atoms with van der Waals surface area (Å²) in [6.45, 7) is 18.1. The van der Waals surface area contributed by atoms with Gasteiger partial charge in [0.15, 0.2) is 0 Å². The van der Waals surface area contributed by atoms with Gasteiger partial charge >= 0.3 is 5.97 Å². The molecule has 11 atom stereocenters. The third kappa shape index (κ3) is 4.00. The Balaban J connectivity index is 1.30. The highest BCUT2D eigenvalue weighted by Crippen LogP contribution is 2.78. The predicted octanol–water partition coefficient (Wildman–Crippen LogP) is 6.29. The molecule has 0 aromatic carbocycles. The van der Waals surface area contributed by atoms with Crippen molar-refractivity contribution in [3.8, 4) is 0 Å². The molecule has 1 aliphatic heterocycles. The smallest absolute Gasteiger partial charge is 0.306 e. The Kier molecular flexibility index (Phi) is 6.88. The molecule has 6 aliphatic rings. The van der Waals surface area contributed by atoms with Gasteiger partial charge in [-0.1, -0.05) is 48.5 Å². The van der Waals surface area contributed by atoms with Crippen molar-refractivity contribution in [3.05, 3.63) is 0 Å². The van der Waals surface area contributed by atoms with Crippen LogP contribution in [0.15, 0.2) is 0 Å². The number of ether oxygens (including phenoxy) is 2. The van der Waals surface area contributed by atoms with Gasteiger partial charge in [-0.05, 0) is 114 Å². The van der Waals surface area contributed by atoms with E-state index in [9.17, 15) is 14.7 Å². The van der Waals surface area contributed by atoms with Crippen molar-refractivity contribution in [2.24, 2.45) is 56.2 Å². The highest BCUT2D eigenvalue weighted by molar-refractivity contribution is 5.81. The molecule has 1 saturated heterocycles. The van der Waals surface area contributed by atoms with E-state index in [0.29, 0.717) is 35.2 Å². The topological polar surface area (TPSA) is 84.9 Å². The average Bonchev–Trinajstić information content (AvgIpc) is 3.24. The zero-order valence-corrected chi connectivity index (χ0v) is 27.1. The Hall–Kier alpha value is -1.14. The molecule has 2 N–H and O–H groups in total. The largest absolute Gasteiger partial charge is 0.469 e. The van der Waals surface area contributed by atoms with E-state index in [1.54, 1.807) is 0 Å². The number of esters is 1. The first-order valence-corrected chi connectivity index (χ1v) is 16.7. The fourth-order valence-corrected chi connectivity index (χ4v) is 12.9. The molecule has 232 valence electrons. The molecule has 2 bridgehead atoms. The van der Waals surface area contributed by atoms with Gasteiger partial charge in [0.25, 0.3) is 0 Å². The summed E-state index contributed by atoms with van der Waals surface area (Å²) < 4.78 is 11.5. The Morgan fingerprint density at radius 2 is 1.59 bits per heavy atom. The van der Waals surface area contributed by atoms with Gasteiger partial charge in [-0.3, -0.25) is 9.59 Å². The van der Waals surface area contributed by atoms with E-state index in [-0.39, 0.29) is 57.8 Å². The van der Waals surface area contributed by atoms with Crippen LogP contribution in [0.3, 0.4) is 0 Å². The third-order valence-corrected chi connectivity index (χ3v) is 15.2. The van der Waals surface area contributed by atoms with Crippen LogP contribution in [0.25, 0.3) is 0 Å². The van der Waals surface area contributed by atoms with Crippen LogP contribution in [0.4, 0.5) is 0 Å². The number of hydrogen-bond donors (Lipinski definition) is 2. The van der Waals surface area contributed by atoms with E-state index in [1.165, 1.54) is 52.1 Å². The Labute approximate surface area is 248 Å². The highest BCUT2D eigenvalue weighted by Gasteiger charge is 2.73. The van der Waals surface area contributed by atoms with E-state index >= 15 is 0 Å². The first kappa shape index (κ1) is 29.9. The summed E-state index contributed by atoms with van der Waals surface area (Å²) in [5.74, 6) is 1.81. The molecular formula is C35H57NO5. The van der Waals surface area contributed by atoms with Crippen molar-refractivity contribution in [2.45, 2.75) is 137 Å². The van der Waals surface area contributed by atoms with Crippen molar-refractivity contribution in [1.29, 1.82) is 0 Å². The second-order valence-electron chi connectivity index (χ2n) is 17.5. The standard InChI is InChI=1S/C35H57NO5/c1-30(2)15-17-35-18-16-33(6)21(27(35)29(30)41-20-35)9-10-24-32(5)19-22(36-25(37)11-12-26(38)40-8)28(39)31(3,4)23(32)13-14-34(24,33)7/h21-24,27-29,39H,9-20H2,1-8H3,(H,36,37)/t21-,22+,23+,24-,27+,28+,29-,32+,33-,34-,35-/m1/s1. The Bertz CT molecular complexity index is 1090. The number of aliphatic hydroxyl groups is 1. The summed E-state index contributed by atoms with van der Waals surface area (Å²) >= 11 is 0. The molecular weight excluding hydrogens is 514 g/mol. The van der Waals surface area contributed by atoms with Gasteiger partial charge < -0.3 is 19.9 Å². The molecule has 1 heterocycles. The van der Waals surface area contributed by atoms with Gasteiger partial charge in [-0.25, -0.2) is 0 Å². The molecule has 5 saturated carbocycles. The first-order valence-electron chi connectivity index (χ1n) is 16.7. The van der Waals surface area contributed by atoms with E-state index in [1.807, 2.05) is 0 Å². The maximum absolute atomic E-state index is 12.9. The molecule has 6 heteroatoms. The van der Waals surface area contributed by atoms with Crippen LogP contribution in [-0.2, 0) is 19.1 Å². The number of methoxy groups -OCH3 is 1. The summed E-state index contributed by atoms with van der Waals surface area (Å²) in [5.41, 5.74) is 0.876. The molecule has 6 nitrogen and oxygen atoms in total. The normalized spacial score (nSPS) is 50.9. The molecule has 0 aromatic rings. The number of hydrogen-bond acceptors (Lipinski definition) is 5. The number of carbonyl (C=O) groups excluding carboxylic acids is 2. The molecule has 0 spiro atoms. The number of nitrogens with one attached hydrogen (secondary N) is 1. The lowest BCUT2D eigenvalue weighted by atomic mass is 9.31. The van der Waals surface area contributed by atoms with E-state index < -0.39 is 6.10 Å². The van der Waals surface area contributed by atoms with Crippen molar-refractivity contribution in [2.75, 3.05) is 13.7 Å². The van der Waals surface area contributed by atoms with Gasteiger partial charge in [0, 0.05) is 6.42 Å². The van der Waals surface area contributed by atoms with Crippen LogP contribution in [0, 0.1) is 56.2 Å². The first-order chi connectivity index (χ1) is 19.1. The summed E-state index contributed by atoms with van der Waals surface area (Å²) in [5, 5.41) is 14.8. The monoisotopic (exact) mass is 571 g/mol. The fourth-order valence-electron chi connectivity index (χ4n) is 12.9. The highest BCUT2D eigenvalue weighted by atomic mass is 16.5. The minimum Gasteiger partial charge on any atom is -0.469 e. The third-order valence-electron chi connectivity index (χ3n) is 15.2. The molecule has 6 rings (SSSR count). The lowest BCUT2D eigenvalue weighted by molar-refractivity contribution is -0.255. The summed E-state index contributed by atoms with van der Waals surface area (Å²) in [6, 6.07) is -0.303. The molecule has 41 heavy (non-hydrogen) atoms. The van der Waals surface area contributed by atoms with Gasteiger partial charge in [0.1, 0.15) is 0 Å². The SMILES string of the molecule is COC(=O)CCC(=O)N[C@H]1C[C@]2(C)[C@H]3CC[C@@H]4[C@H]5[C@H]6OC[C@@]5(CCC6(C)C)CC[C@@]4(C)[C@]3(C)CC[C@H]2C(C)(C)[C@H]1O. The fraction of sp³-hybridized carbons (Fsp3) is 0.943. The second kappa shape index (κ2) is 9.43. The molecule has 1 amide bonds. The number of fused-ring (bicyclic) bond motifs is 5. The minimum absolute atomic E-state index is 0.0282. The maximum atomic E-state index is 12.9. The van der Waals surface area contributed by atoms with Gasteiger partial charge in [-0.2, -0.15) is 0 Å². The van der Waals surface area contributed by atoms with Crippen LogP contribution in [0.2, 0.25) is 0 Å². The molecule has 5 aliphatic carbocycles. The van der Waals surface area contributed by atoms with Crippen LogP contribution >= 0.6 is 0 Å². The van der Waals surface area contributed by atoms with Crippen LogP contribution in [0.1, 0.15) is 119 Å².